The van der Waals surface area contributed by atoms with Crippen molar-refractivity contribution in [3.63, 3.8) is 0 Å². The van der Waals surface area contributed by atoms with Gasteiger partial charge in [-0.1, -0.05) is 0 Å². The van der Waals surface area contributed by atoms with Gasteiger partial charge in [-0.15, -0.1) is 0 Å². The van der Waals surface area contributed by atoms with Crippen LogP contribution in [0.25, 0.3) is 0 Å². The number of hydrogen-bond donors (Lipinski definition) is 1. The summed E-state index contributed by atoms with van der Waals surface area (Å²) in [5.74, 6) is -0.0482. The van der Waals surface area contributed by atoms with Crippen molar-refractivity contribution in [3.05, 3.63) is 0 Å². The number of carbonyl (C=O) groups is 2. The van der Waals surface area contributed by atoms with Gasteiger partial charge in [0.1, 0.15) is 5.78 Å². The Kier molecular flexibility index (Phi) is 0.708. The second-order valence-corrected chi connectivity index (χ2v) is 3.88. The molecule has 58 valence electrons. The van der Waals surface area contributed by atoms with E-state index in [1.807, 2.05) is 0 Å². The van der Waals surface area contributed by atoms with Crippen LogP contribution in [0.1, 0.15) is 6.42 Å². The van der Waals surface area contributed by atoms with E-state index >= 15 is 0 Å². The highest BCUT2D eigenvalue weighted by Gasteiger charge is 2.75. The highest BCUT2D eigenvalue weighted by Crippen LogP contribution is 2.71. The second-order valence-electron chi connectivity index (χ2n) is 3.88. The Labute approximate surface area is 63.4 Å². The van der Waals surface area contributed by atoms with Gasteiger partial charge in [-0.2, -0.15) is 0 Å². The first-order valence-electron chi connectivity index (χ1n) is 3.98. The highest BCUT2D eigenvalue weighted by molar-refractivity contribution is 5.98. The van der Waals surface area contributed by atoms with Crippen LogP contribution in [0, 0.1) is 29.6 Å². The molecule has 11 heavy (non-hydrogen) atoms. The number of ketones is 1. The van der Waals surface area contributed by atoms with Crippen molar-refractivity contribution in [3.8, 4) is 0 Å². The number of carboxylic acids is 1. The Morgan fingerprint density at radius 2 is 2.27 bits per heavy atom. The molecule has 0 aromatic rings. The minimum atomic E-state index is -0.754. The largest absolute Gasteiger partial charge is 0.481 e. The van der Waals surface area contributed by atoms with Crippen LogP contribution >= 0.6 is 0 Å². The zero-order chi connectivity index (χ0) is 7.75. The van der Waals surface area contributed by atoms with Crippen molar-refractivity contribution < 1.29 is 14.7 Å². The van der Waals surface area contributed by atoms with Gasteiger partial charge in [0, 0.05) is 11.8 Å². The third-order valence-electron chi connectivity index (χ3n) is 3.58. The van der Waals surface area contributed by atoms with E-state index in [9.17, 15) is 9.59 Å². The summed E-state index contributed by atoms with van der Waals surface area (Å²) in [7, 11) is 0. The lowest BCUT2D eigenvalue weighted by atomic mass is 9.98. The molecule has 3 nitrogen and oxygen atoms in total. The Balaban J connectivity index is 2.03. The fraction of sp³-hybridized carbons (Fsp3) is 0.750. The van der Waals surface area contributed by atoms with Gasteiger partial charge in [-0.3, -0.25) is 9.59 Å². The number of carbonyl (C=O) groups excluding carboxylic acids is 1. The molecule has 4 aliphatic carbocycles. The minimum Gasteiger partial charge on any atom is -0.481 e. The summed E-state index contributed by atoms with van der Waals surface area (Å²) >= 11 is 0. The van der Waals surface area contributed by atoms with Crippen LogP contribution in [0.3, 0.4) is 0 Å². The monoisotopic (exact) mass is 152 g/mol. The predicted molar refractivity (Wildman–Crippen MR) is 34.7 cm³/mol. The smallest absolute Gasteiger partial charge is 0.307 e. The van der Waals surface area contributed by atoms with Crippen LogP contribution in [-0.4, -0.2) is 16.9 Å². The molecule has 0 heterocycles. The number of carboxylic acid groups (broad SMARTS) is 1. The maximum Gasteiger partial charge on any atom is 0.307 e. The normalized spacial score (nSPS) is 56.7. The summed E-state index contributed by atoms with van der Waals surface area (Å²) in [6, 6.07) is 0. The van der Waals surface area contributed by atoms with E-state index in [4.69, 9.17) is 5.11 Å². The van der Waals surface area contributed by atoms with Crippen LogP contribution in [0.15, 0.2) is 0 Å². The lowest BCUT2D eigenvalue weighted by Gasteiger charge is -2.05. The van der Waals surface area contributed by atoms with Gasteiger partial charge in [-0.25, -0.2) is 0 Å². The van der Waals surface area contributed by atoms with Gasteiger partial charge in [0.2, 0.25) is 0 Å². The summed E-state index contributed by atoms with van der Waals surface area (Å²) in [5, 5.41) is 8.77. The SMILES string of the molecule is O=C1C2C3CC1[C@@H](C(=O)O)[C@@H]32. The van der Waals surface area contributed by atoms with Crippen molar-refractivity contribution in [1.29, 1.82) is 0 Å². The fourth-order valence-electron chi connectivity index (χ4n) is 3.18. The molecule has 4 rings (SSSR count). The van der Waals surface area contributed by atoms with Gasteiger partial charge < -0.3 is 5.11 Å². The van der Waals surface area contributed by atoms with E-state index in [1.54, 1.807) is 0 Å². The molecule has 0 saturated heterocycles. The molecule has 4 aliphatic rings. The van der Waals surface area contributed by atoms with Crippen molar-refractivity contribution in [2.24, 2.45) is 29.6 Å². The quantitative estimate of drug-likeness (QED) is 0.582. The van der Waals surface area contributed by atoms with E-state index in [-0.39, 0.29) is 29.5 Å². The summed E-state index contributed by atoms with van der Waals surface area (Å²) in [6.07, 6.45) is 0.866. The third kappa shape index (κ3) is 0.424. The summed E-state index contributed by atoms with van der Waals surface area (Å²) in [4.78, 5) is 21.9. The van der Waals surface area contributed by atoms with Crippen LogP contribution in [0.2, 0.25) is 0 Å². The molecule has 3 unspecified atom stereocenters. The van der Waals surface area contributed by atoms with Gasteiger partial charge in [0.15, 0.2) is 0 Å². The van der Waals surface area contributed by atoms with Crippen molar-refractivity contribution >= 4 is 11.8 Å². The fourth-order valence-corrected chi connectivity index (χ4v) is 3.18. The molecule has 0 aromatic heterocycles. The molecule has 1 N–H and O–H groups in total. The average Bonchev–Trinajstić information content (AvgIpc) is 2.33. The molecule has 3 heteroatoms. The predicted octanol–water partition coefficient (Wildman–Crippen LogP) is 0.152. The molecular formula is C8H8O3. The molecule has 0 amide bonds. The highest BCUT2D eigenvalue weighted by atomic mass is 16.4. The Hall–Kier alpha value is -0.860. The first kappa shape index (κ1) is 5.75. The van der Waals surface area contributed by atoms with Crippen LogP contribution in [0.5, 0.6) is 0 Å². The second kappa shape index (κ2) is 1.36. The van der Waals surface area contributed by atoms with E-state index < -0.39 is 5.97 Å². The molecule has 5 atom stereocenters. The lowest BCUT2D eigenvalue weighted by molar-refractivity contribution is -0.144. The van der Waals surface area contributed by atoms with E-state index in [1.165, 1.54) is 0 Å². The van der Waals surface area contributed by atoms with Gasteiger partial charge in [0.25, 0.3) is 0 Å². The zero-order valence-electron chi connectivity index (χ0n) is 5.86. The Morgan fingerprint density at radius 1 is 1.55 bits per heavy atom. The van der Waals surface area contributed by atoms with Gasteiger partial charge >= 0.3 is 5.97 Å². The molecule has 4 bridgehead atoms. The lowest BCUT2D eigenvalue weighted by Crippen LogP contribution is -2.19. The first-order chi connectivity index (χ1) is 5.22. The van der Waals surface area contributed by atoms with E-state index in [2.05, 4.69) is 0 Å². The number of Topliss-reactive ketones (excluding diaryl/α,β-unsaturated/α-hetero) is 1. The Morgan fingerprint density at radius 3 is 2.45 bits per heavy atom. The summed E-state index contributed by atoms with van der Waals surface area (Å²) in [5.41, 5.74) is 0. The standard InChI is InChI=1S/C8H8O3/c9-7-3-1-2-4(5(2)7)6(3)8(10)11/h2-6H,1H2,(H,10,11)/t2?,3?,4-,5?,6+/m0/s1. The minimum absolute atomic E-state index is 0.104. The molecule has 0 aliphatic heterocycles. The summed E-state index contributed by atoms with van der Waals surface area (Å²) in [6.45, 7) is 0. The maximum absolute atomic E-state index is 11.2. The van der Waals surface area contributed by atoms with E-state index in [0.29, 0.717) is 5.92 Å². The third-order valence-corrected chi connectivity index (χ3v) is 3.58. The molecule has 4 saturated carbocycles. The Bertz CT molecular complexity index is 271. The molecule has 0 radical (unpaired) electrons. The van der Waals surface area contributed by atoms with Crippen molar-refractivity contribution in [2.75, 3.05) is 0 Å². The zero-order valence-corrected chi connectivity index (χ0v) is 5.86. The van der Waals surface area contributed by atoms with Gasteiger partial charge in [-0.05, 0) is 18.3 Å². The number of hydrogen-bond acceptors (Lipinski definition) is 2. The molecule has 0 spiro atoms. The number of aliphatic carboxylic acids is 1. The van der Waals surface area contributed by atoms with Crippen molar-refractivity contribution in [2.45, 2.75) is 6.42 Å². The maximum atomic E-state index is 11.2. The van der Waals surface area contributed by atoms with Gasteiger partial charge in [0.05, 0.1) is 5.92 Å². The van der Waals surface area contributed by atoms with E-state index in [0.717, 1.165) is 6.42 Å². The molecule has 0 aromatic carbocycles. The van der Waals surface area contributed by atoms with Crippen LogP contribution in [-0.2, 0) is 9.59 Å². The summed E-state index contributed by atoms with van der Waals surface area (Å²) < 4.78 is 0. The number of rotatable bonds is 1. The van der Waals surface area contributed by atoms with Crippen molar-refractivity contribution in [1.82, 2.24) is 0 Å². The van der Waals surface area contributed by atoms with Crippen LogP contribution < -0.4 is 0 Å². The molecular weight excluding hydrogens is 144 g/mol. The van der Waals surface area contributed by atoms with Crippen LogP contribution in [0.4, 0.5) is 0 Å². The average molecular weight is 152 g/mol. The molecule has 4 fully saturated rings. The first-order valence-corrected chi connectivity index (χ1v) is 3.98. The topological polar surface area (TPSA) is 54.4 Å².